The Morgan fingerprint density at radius 1 is 0.387 bits per heavy atom. The van der Waals surface area contributed by atoms with Crippen molar-refractivity contribution in [1.29, 1.82) is 0 Å². The van der Waals surface area contributed by atoms with Crippen LogP contribution in [0, 0.1) is 0 Å². The van der Waals surface area contributed by atoms with E-state index in [-0.39, 0.29) is 0 Å². The van der Waals surface area contributed by atoms with Gasteiger partial charge >= 0.3 is 0 Å². The van der Waals surface area contributed by atoms with E-state index in [9.17, 15) is 0 Å². The Bertz CT molecular complexity index is 4010. The van der Waals surface area contributed by atoms with Gasteiger partial charge in [0, 0.05) is 45.9 Å². The number of hydrogen-bond acceptors (Lipinski definition) is 5. The van der Waals surface area contributed by atoms with Crippen LogP contribution in [0.4, 0.5) is 0 Å². The van der Waals surface area contributed by atoms with E-state index in [0.29, 0.717) is 11.6 Å². The topological polar surface area (TPSA) is 83.7 Å². The lowest BCUT2D eigenvalue weighted by atomic mass is 9.83. The van der Waals surface area contributed by atoms with E-state index in [2.05, 4.69) is 181 Å². The van der Waals surface area contributed by atoms with Gasteiger partial charge in [-0.05, 0) is 88.5 Å². The second kappa shape index (κ2) is 12.4. The molecule has 0 fully saturated rings. The van der Waals surface area contributed by atoms with Gasteiger partial charge in [0.25, 0.3) is 0 Å². The molecule has 0 unspecified atom stereocenters. The predicted molar refractivity (Wildman–Crippen MR) is 247 cm³/mol. The van der Waals surface area contributed by atoms with Crippen molar-refractivity contribution in [2.45, 2.75) is 0 Å². The summed E-state index contributed by atoms with van der Waals surface area (Å²) in [5, 5.41) is 3.23. The summed E-state index contributed by atoms with van der Waals surface area (Å²) in [6.45, 7) is 0. The lowest BCUT2D eigenvalue weighted by Gasteiger charge is -2.22. The molecule has 6 aromatic carbocycles. The Morgan fingerprint density at radius 2 is 0.968 bits per heavy atom. The summed E-state index contributed by atoms with van der Waals surface area (Å²) in [4.78, 5) is 25.7. The summed E-state index contributed by atoms with van der Waals surface area (Å²) < 4.78 is 8.90. The minimum Gasteiger partial charge on any atom is -0.279 e. The minimum absolute atomic E-state index is 0.575. The first kappa shape index (κ1) is 33.2. The van der Waals surface area contributed by atoms with E-state index in [1.54, 1.807) is 6.20 Å². The molecule has 0 aliphatic heterocycles. The quantitative estimate of drug-likeness (QED) is 0.178. The number of rotatable bonds is 3. The van der Waals surface area contributed by atoms with E-state index in [1.165, 1.54) is 11.1 Å². The maximum absolute atomic E-state index is 5.62. The van der Waals surface area contributed by atoms with Gasteiger partial charge in [0.05, 0.1) is 39.1 Å². The van der Waals surface area contributed by atoms with Crippen LogP contribution in [0.25, 0.3) is 123 Å². The molecule has 1 aliphatic carbocycles. The van der Waals surface area contributed by atoms with Crippen LogP contribution in [0.2, 0.25) is 0 Å². The first-order valence-corrected chi connectivity index (χ1v) is 20.7. The van der Waals surface area contributed by atoms with Gasteiger partial charge in [-0.2, -0.15) is 4.98 Å². The first-order valence-electron chi connectivity index (χ1n) is 20.7. The molecule has 9 nitrogen and oxygen atoms in total. The highest BCUT2D eigenvalue weighted by Gasteiger charge is 2.28. The summed E-state index contributed by atoms with van der Waals surface area (Å²) in [5.41, 5.74) is 17.1. The van der Waals surface area contributed by atoms with Gasteiger partial charge in [-0.25, -0.2) is 19.9 Å². The predicted octanol–water partition coefficient (Wildman–Crippen LogP) is 12.0. The van der Waals surface area contributed by atoms with Gasteiger partial charge < -0.3 is 0 Å². The Balaban J connectivity index is 1.06. The maximum atomic E-state index is 5.62. The zero-order valence-electron chi connectivity index (χ0n) is 32.9. The molecule has 0 N–H and O–H groups in total. The standard InChI is InChI=1S/C53H31N9/c1-2-17-35-34(16-1)36-18-3-4-20-38(36)42-31-56-52(57-48(42)39-21-6-5-19-37(35)39)62-43-24-8-7-22-40(43)47-41-23-12-29-55-50(41)60(51(47)62)33-15-11-14-32(30-33)59-44-25-9-10-26-45(44)61-46-27-13-28-54-49(46)58-53(59)61/h1-31H. The highest BCUT2D eigenvalue weighted by atomic mass is 15.2. The maximum Gasteiger partial charge on any atom is 0.236 e. The average Bonchev–Trinajstić information content (AvgIpc) is 4.07. The normalized spacial score (nSPS) is 12.2. The van der Waals surface area contributed by atoms with E-state index in [0.717, 1.165) is 100 Å². The average molecular weight is 794 g/mol. The van der Waals surface area contributed by atoms with Gasteiger partial charge in [0.1, 0.15) is 11.3 Å². The minimum atomic E-state index is 0.575. The van der Waals surface area contributed by atoms with Crippen LogP contribution in [-0.2, 0) is 0 Å². The van der Waals surface area contributed by atoms with Crippen molar-refractivity contribution in [3.8, 4) is 62.0 Å². The molecular weight excluding hydrogens is 763 g/mol. The summed E-state index contributed by atoms with van der Waals surface area (Å²) in [7, 11) is 0. The molecule has 62 heavy (non-hydrogen) atoms. The van der Waals surface area contributed by atoms with Crippen LogP contribution < -0.4 is 0 Å². The van der Waals surface area contributed by atoms with Crippen LogP contribution in [0.5, 0.6) is 0 Å². The molecule has 0 spiro atoms. The molecule has 0 radical (unpaired) electrons. The monoisotopic (exact) mass is 793 g/mol. The zero-order chi connectivity index (χ0) is 40.5. The molecule has 14 rings (SSSR count). The van der Waals surface area contributed by atoms with Crippen LogP contribution >= 0.6 is 0 Å². The first-order chi connectivity index (χ1) is 30.8. The molecule has 0 saturated heterocycles. The summed E-state index contributed by atoms with van der Waals surface area (Å²) in [5.74, 6) is 1.37. The van der Waals surface area contributed by atoms with E-state index < -0.39 is 0 Å². The molecule has 0 bridgehead atoms. The highest BCUT2D eigenvalue weighted by Crippen LogP contribution is 2.47. The van der Waals surface area contributed by atoms with Crippen molar-refractivity contribution in [2.24, 2.45) is 0 Å². The fourth-order valence-corrected chi connectivity index (χ4v) is 10.00. The molecule has 0 saturated carbocycles. The molecule has 288 valence electrons. The SMILES string of the molecule is c1cc(-n2c3ncccc3c3c4ccccc4n(-c4ncc5c(n4)-c4ccccc4-c4ccccc4-c4ccccc4-5)c32)cc(-n2c3ccccc3n3c4cccnc4nc23)c1. The number of pyridine rings is 2. The number of imidazole rings is 2. The fraction of sp³-hybridized carbons (Fsp3) is 0. The summed E-state index contributed by atoms with van der Waals surface area (Å²) >= 11 is 0. The zero-order valence-corrected chi connectivity index (χ0v) is 32.9. The van der Waals surface area contributed by atoms with Crippen molar-refractivity contribution >= 4 is 60.9 Å². The van der Waals surface area contributed by atoms with Crippen LogP contribution in [0.1, 0.15) is 0 Å². The van der Waals surface area contributed by atoms with Crippen molar-refractivity contribution in [3.63, 3.8) is 0 Å². The van der Waals surface area contributed by atoms with Crippen molar-refractivity contribution in [1.82, 2.24) is 43.0 Å². The molecule has 0 atom stereocenters. The number of para-hydroxylation sites is 3. The Morgan fingerprint density at radius 3 is 1.74 bits per heavy atom. The second-order valence-electron chi connectivity index (χ2n) is 15.8. The lowest BCUT2D eigenvalue weighted by molar-refractivity contribution is 0.957. The van der Waals surface area contributed by atoms with E-state index in [1.807, 2.05) is 24.5 Å². The number of nitrogens with zero attached hydrogens (tertiary/aromatic N) is 9. The molecule has 0 amide bonds. The smallest absolute Gasteiger partial charge is 0.236 e. The van der Waals surface area contributed by atoms with Crippen molar-refractivity contribution in [3.05, 3.63) is 188 Å². The summed E-state index contributed by atoms with van der Waals surface area (Å²) in [6.07, 6.45) is 5.68. The van der Waals surface area contributed by atoms with Gasteiger partial charge in [-0.3, -0.25) is 18.1 Å². The molecule has 13 aromatic rings. The highest BCUT2D eigenvalue weighted by molar-refractivity contribution is 6.21. The molecule has 7 heterocycles. The van der Waals surface area contributed by atoms with Gasteiger partial charge in [-0.1, -0.05) is 109 Å². The van der Waals surface area contributed by atoms with Crippen LogP contribution in [-0.4, -0.2) is 43.0 Å². The second-order valence-corrected chi connectivity index (χ2v) is 15.8. The Hall–Kier alpha value is -8.69. The molecule has 1 aliphatic rings. The number of hydrogen-bond donors (Lipinski definition) is 0. The van der Waals surface area contributed by atoms with Crippen LogP contribution in [0.3, 0.4) is 0 Å². The molecular formula is C53H31N9. The molecule has 7 aromatic heterocycles. The fourth-order valence-electron chi connectivity index (χ4n) is 10.00. The Labute approximate surface area is 353 Å². The number of fused-ring (bicyclic) bond motifs is 18. The van der Waals surface area contributed by atoms with Crippen molar-refractivity contribution in [2.75, 3.05) is 0 Å². The van der Waals surface area contributed by atoms with E-state index >= 15 is 0 Å². The van der Waals surface area contributed by atoms with E-state index in [4.69, 9.17) is 19.9 Å². The van der Waals surface area contributed by atoms with Crippen LogP contribution in [0.15, 0.2) is 188 Å². The number of benzene rings is 6. The van der Waals surface area contributed by atoms with Gasteiger partial charge in [0.2, 0.25) is 11.7 Å². The number of aromatic nitrogens is 9. The summed E-state index contributed by atoms with van der Waals surface area (Å²) in [6, 6.07) is 59.7. The van der Waals surface area contributed by atoms with Gasteiger partial charge in [0.15, 0.2) is 5.65 Å². The molecule has 9 heteroatoms. The van der Waals surface area contributed by atoms with Gasteiger partial charge in [-0.15, -0.1) is 0 Å². The lowest BCUT2D eigenvalue weighted by Crippen LogP contribution is -2.08. The Kier molecular flexibility index (Phi) is 6.64. The van der Waals surface area contributed by atoms with Crippen molar-refractivity contribution < 1.29 is 0 Å². The third kappa shape index (κ3) is 4.43. The largest absolute Gasteiger partial charge is 0.279 e. The third-order valence-corrected chi connectivity index (χ3v) is 12.5. The third-order valence-electron chi connectivity index (χ3n) is 12.5.